The van der Waals surface area contributed by atoms with Crippen molar-refractivity contribution in [3.05, 3.63) is 161 Å². The lowest BCUT2D eigenvalue weighted by atomic mass is 9.99. The van der Waals surface area contributed by atoms with Crippen LogP contribution in [0.4, 0.5) is 0 Å². The molecule has 0 saturated carbocycles. The first-order valence-corrected chi connectivity index (χ1v) is 15.8. The molecule has 5 aromatic rings. The number of hydrogen-bond acceptors (Lipinski definition) is 2. The highest BCUT2D eigenvalue weighted by molar-refractivity contribution is 8.01. The summed E-state index contributed by atoms with van der Waals surface area (Å²) in [5.74, 6) is 0. The molecular weight excluding hydrogens is 490 g/mol. The van der Waals surface area contributed by atoms with E-state index in [-0.39, 0.29) is 0 Å². The second-order valence-corrected chi connectivity index (χ2v) is 15.0. The smallest absolute Gasteiger partial charge is 0.176 e. The van der Waals surface area contributed by atoms with E-state index in [1.165, 1.54) is 0 Å². The lowest BCUT2D eigenvalue weighted by Crippen LogP contribution is -2.22. The van der Waals surface area contributed by atoms with Gasteiger partial charge in [0.1, 0.15) is 0 Å². The SMILES string of the molecule is Cc1ccc(C2=C(P(=O)(c3ccccc3)c3ccccc3)P(=O)(c3ccccc3)c3ccccc32)cc1. The monoisotopic (exact) mass is 516 g/mol. The highest BCUT2D eigenvalue weighted by Crippen LogP contribution is 2.75. The van der Waals surface area contributed by atoms with Crippen LogP contribution in [-0.2, 0) is 9.13 Å². The molecule has 0 radical (unpaired) electrons. The lowest BCUT2D eigenvalue weighted by molar-refractivity contribution is 0.586. The minimum Gasteiger partial charge on any atom is -0.308 e. The molecular formula is C33H26O2P2. The molecule has 1 aliphatic heterocycles. The summed E-state index contributed by atoms with van der Waals surface area (Å²) in [5.41, 5.74) is 3.77. The predicted molar refractivity (Wildman–Crippen MR) is 157 cm³/mol. The molecule has 6 rings (SSSR count). The van der Waals surface area contributed by atoms with E-state index in [2.05, 4.69) is 31.2 Å². The number of hydrogen-bond donors (Lipinski definition) is 0. The van der Waals surface area contributed by atoms with Crippen LogP contribution >= 0.6 is 14.3 Å². The van der Waals surface area contributed by atoms with Gasteiger partial charge in [-0.15, -0.1) is 0 Å². The number of aryl methyl sites for hydroxylation is 1. The molecule has 0 spiro atoms. The van der Waals surface area contributed by atoms with E-state index in [0.29, 0.717) is 21.0 Å². The van der Waals surface area contributed by atoms with Crippen LogP contribution in [0.5, 0.6) is 0 Å². The third-order valence-corrected chi connectivity index (χ3v) is 14.5. The van der Waals surface area contributed by atoms with Gasteiger partial charge in [-0.05, 0) is 18.1 Å². The molecule has 0 aromatic heterocycles. The maximum atomic E-state index is 15.9. The van der Waals surface area contributed by atoms with E-state index in [1.807, 2.05) is 115 Å². The van der Waals surface area contributed by atoms with E-state index in [0.717, 1.165) is 27.6 Å². The van der Waals surface area contributed by atoms with Gasteiger partial charge in [0.2, 0.25) is 0 Å². The minimum absolute atomic E-state index is 0.536. The Balaban J connectivity index is 1.83. The lowest BCUT2D eigenvalue weighted by Gasteiger charge is -2.28. The second kappa shape index (κ2) is 9.31. The van der Waals surface area contributed by atoms with Crippen LogP contribution in [0.25, 0.3) is 5.57 Å². The quantitative estimate of drug-likeness (QED) is 0.235. The topological polar surface area (TPSA) is 34.1 Å². The Bertz CT molecular complexity index is 1660. The third-order valence-electron chi connectivity index (χ3n) is 7.03. The van der Waals surface area contributed by atoms with Crippen molar-refractivity contribution in [3.8, 4) is 0 Å². The molecule has 1 aliphatic rings. The molecule has 37 heavy (non-hydrogen) atoms. The van der Waals surface area contributed by atoms with Crippen molar-refractivity contribution in [2.24, 2.45) is 0 Å². The molecule has 5 aromatic carbocycles. The first-order valence-electron chi connectivity index (χ1n) is 12.3. The zero-order chi connectivity index (χ0) is 25.5. The van der Waals surface area contributed by atoms with E-state index in [1.54, 1.807) is 0 Å². The Labute approximate surface area is 218 Å². The summed E-state index contributed by atoms with van der Waals surface area (Å²) in [4.78, 5) is 0. The zero-order valence-electron chi connectivity index (χ0n) is 20.5. The molecule has 0 aliphatic carbocycles. The summed E-state index contributed by atoms with van der Waals surface area (Å²) in [7, 11) is -7.05. The molecule has 0 fully saturated rings. The fourth-order valence-corrected chi connectivity index (χ4v) is 13.5. The predicted octanol–water partition coefficient (Wildman–Crippen LogP) is 7.05. The summed E-state index contributed by atoms with van der Waals surface area (Å²) in [5, 5.41) is 3.36. The van der Waals surface area contributed by atoms with E-state index in [9.17, 15) is 0 Å². The number of rotatable bonds is 5. The van der Waals surface area contributed by atoms with Crippen molar-refractivity contribution in [2.45, 2.75) is 6.92 Å². The maximum Gasteiger partial charge on any atom is 0.176 e. The van der Waals surface area contributed by atoms with Crippen LogP contribution in [0.2, 0.25) is 0 Å². The summed E-state index contributed by atoms with van der Waals surface area (Å²) in [6.45, 7) is 2.05. The van der Waals surface area contributed by atoms with E-state index < -0.39 is 14.3 Å². The fourth-order valence-electron chi connectivity index (χ4n) is 5.28. The second-order valence-electron chi connectivity index (χ2n) is 9.31. The largest absolute Gasteiger partial charge is 0.308 e. The molecule has 180 valence electrons. The fraction of sp³-hybridized carbons (Fsp3) is 0.0303. The highest BCUT2D eigenvalue weighted by atomic mass is 31.2. The summed E-state index contributed by atoms with van der Waals surface area (Å²) in [6, 6.07) is 44.8. The van der Waals surface area contributed by atoms with Gasteiger partial charge in [-0.2, -0.15) is 0 Å². The Morgan fingerprint density at radius 3 is 1.62 bits per heavy atom. The van der Waals surface area contributed by atoms with E-state index in [4.69, 9.17) is 0 Å². The maximum absolute atomic E-state index is 15.9. The average molecular weight is 517 g/mol. The van der Waals surface area contributed by atoms with Crippen LogP contribution in [0.3, 0.4) is 0 Å². The van der Waals surface area contributed by atoms with Gasteiger partial charge in [0.05, 0.1) is 5.06 Å². The molecule has 1 heterocycles. The van der Waals surface area contributed by atoms with Crippen LogP contribution in [0, 0.1) is 6.92 Å². The molecule has 0 N–H and O–H groups in total. The standard InChI is InChI=1S/C33H26O2P2/c1-25-21-23-26(24-22-25)32-30-19-11-12-20-31(30)37(35,29-17-9-4-10-18-29)33(32)36(34,27-13-5-2-6-14-27)28-15-7-3-8-16-28/h2-24H,1H3. The van der Waals surface area contributed by atoms with Crippen molar-refractivity contribution < 1.29 is 9.13 Å². The van der Waals surface area contributed by atoms with Crippen LogP contribution < -0.4 is 21.2 Å². The van der Waals surface area contributed by atoms with E-state index >= 15 is 9.13 Å². The van der Waals surface area contributed by atoms with Gasteiger partial charge < -0.3 is 9.13 Å². The summed E-state index contributed by atoms with van der Waals surface area (Å²) in [6.07, 6.45) is 0. The van der Waals surface area contributed by atoms with Crippen molar-refractivity contribution in [3.63, 3.8) is 0 Å². The van der Waals surface area contributed by atoms with Crippen LogP contribution in [-0.4, -0.2) is 0 Å². The van der Waals surface area contributed by atoms with Gasteiger partial charge in [-0.1, -0.05) is 145 Å². The van der Waals surface area contributed by atoms with Crippen molar-refractivity contribution >= 4 is 41.1 Å². The van der Waals surface area contributed by atoms with Crippen LogP contribution in [0.15, 0.2) is 145 Å². The first-order chi connectivity index (χ1) is 18.0. The summed E-state index contributed by atoms with van der Waals surface area (Å²) < 4.78 is 31.7. The van der Waals surface area contributed by atoms with Gasteiger partial charge in [-0.25, -0.2) is 0 Å². The van der Waals surface area contributed by atoms with Gasteiger partial charge in [-0.3, -0.25) is 0 Å². The van der Waals surface area contributed by atoms with Crippen molar-refractivity contribution in [1.82, 2.24) is 0 Å². The van der Waals surface area contributed by atoms with Crippen molar-refractivity contribution in [2.75, 3.05) is 0 Å². The van der Waals surface area contributed by atoms with Crippen LogP contribution in [0.1, 0.15) is 16.7 Å². The molecule has 1 atom stereocenters. The molecule has 4 heteroatoms. The van der Waals surface area contributed by atoms with Gasteiger partial charge in [0.15, 0.2) is 14.3 Å². The van der Waals surface area contributed by atoms with Gasteiger partial charge in [0.25, 0.3) is 0 Å². The third kappa shape index (κ3) is 3.72. The normalized spacial score (nSPS) is 17.0. The Morgan fingerprint density at radius 1 is 0.568 bits per heavy atom. The highest BCUT2D eigenvalue weighted by Gasteiger charge is 2.51. The minimum atomic E-state index is -3.56. The average Bonchev–Trinajstić information content (AvgIpc) is 3.24. The van der Waals surface area contributed by atoms with Crippen molar-refractivity contribution in [1.29, 1.82) is 0 Å². The number of benzene rings is 5. The number of fused-ring (bicyclic) bond motifs is 1. The zero-order valence-corrected chi connectivity index (χ0v) is 22.3. The Morgan fingerprint density at radius 2 is 1.05 bits per heavy atom. The molecule has 0 bridgehead atoms. The van der Waals surface area contributed by atoms with Gasteiger partial charge >= 0.3 is 0 Å². The Hall–Kier alpha value is -3.70. The summed E-state index contributed by atoms with van der Waals surface area (Å²) >= 11 is 0. The molecule has 1 unspecified atom stereocenters. The molecule has 0 amide bonds. The molecule has 2 nitrogen and oxygen atoms in total. The Kier molecular flexibility index (Phi) is 5.96. The first kappa shape index (κ1) is 23.7. The van der Waals surface area contributed by atoms with Gasteiger partial charge in [0, 0.05) is 26.8 Å². The molecule has 0 saturated heterocycles.